The van der Waals surface area contributed by atoms with Crippen LogP contribution in [0.2, 0.25) is 5.02 Å². The number of nitrogens with zero attached hydrogens (tertiary/aromatic N) is 1. The van der Waals surface area contributed by atoms with Gasteiger partial charge >= 0.3 is 5.97 Å². The van der Waals surface area contributed by atoms with Crippen molar-refractivity contribution in [2.24, 2.45) is 0 Å². The number of carboxylic acids is 1. The first kappa shape index (κ1) is 23.8. The van der Waals surface area contributed by atoms with Crippen LogP contribution in [0.3, 0.4) is 0 Å². The summed E-state index contributed by atoms with van der Waals surface area (Å²) in [5.74, 6) is -0.993. The number of rotatable bonds is 8. The lowest BCUT2D eigenvalue weighted by Gasteiger charge is -2.24. The molecular formula is C27H25ClFNO4. The number of hydrogen-bond donors (Lipinski definition) is 1. The number of ether oxygens (including phenoxy) is 1. The third-order valence-electron chi connectivity index (χ3n) is 5.84. The summed E-state index contributed by atoms with van der Waals surface area (Å²) in [4.78, 5) is 25.9. The highest BCUT2D eigenvalue weighted by atomic mass is 35.5. The van der Waals surface area contributed by atoms with Crippen molar-refractivity contribution in [3.63, 3.8) is 0 Å². The van der Waals surface area contributed by atoms with Gasteiger partial charge in [-0.3, -0.25) is 9.59 Å². The number of benzene rings is 3. The van der Waals surface area contributed by atoms with Gasteiger partial charge in [0.25, 0.3) is 5.91 Å². The zero-order valence-corrected chi connectivity index (χ0v) is 19.5. The van der Waals surface area contributed by atoms with Gasteiger partial charge in [0.05, 0.1) is 6.42 Å². The Hall–Kier alpha value is -3.38. The molecule has 0 unspecified atom stereocenters. The van der Waals surface area contributed by atoms with E-state index in [0.29, 0.717) is 29.0 Å². The van der Waals surface area contributed by atoms with E-state index in [9.17, 15) is 14.0 Å². The first-order valence-electron chi connectivity index (χ1n) is 11.0. The standard InChI is InChI=1S/C27H25ClFNO4/c1-27(15-18-4-2-6-22(28)12-18)16-21-14-20(8-9-24(21)34-27)26(33)30(11-10-25(31)32)17-19-5-3-7-23(29)13-19/h2-9,12-14H,10-11,15-17H2,1H3,(H,31,32)/t27-/m1/s1. The molecular weight excluding hydrogens is 457 g/mol. The zero-order valence-electron chi connectivity index (χ0n) is 18.8. The van der Waals surface area contributed by atoms with E-state index in [1.54, 1.807) is 30.3 Å². The summed E-state index contributed by atoms with van der Waals surface area (Å²) in [6.07, 6.45) is 1.08. The lowest BCUT2D eigenvalue weighted by molar-refractivity contribution is -0.137. The molecule has 3 aromatic rings. The first-order valence-corrected chi connectivity index (χ1v) is 11.4. The van der Waals surface area contributed by atoms with Crippen molar-refractivity contribution in [3.8, 4) is 5.75 Å². The summed E-state index contributed by atoms with van der Waals surface area (Å²) < 4.78 is 19.9. The molecule has 34 heavy (non-hydrogen) atoms. The molecule has 0 aliphatic carbocycles. The molecule has 1 aliphatic heterocycles. The molecule has 0 saturated heterocycles. The minimum Gasteiger partial charge on any atom is -0.487 e. The van der Waals surface area contributed by atoms with Gasteiger partial charge in [0, 0.05) is 36.5 Å². The Kier molecular flexibility index (Phi) is 6.89. The maximum Gasteiger partial charge on any atom is 0.305 e. The predicted octanol–water partition coefficient (Wildman–Crippen LogP) is 5.53. The molecule has 0 saturated carbocycles. The number of carbonyl (C=O) groups is 2. The van der Waals surface area contributed by atoms with E-state index in [0.717, 1.165) is 16.9 Å². The Bertz CT molecular complexity index is 1230. The van der Waals surface area contributed by atoms with Crippen LogP contribution in [0, 0.1) is 5.82 Å². The SMILES string of the molecule is C[C@@]1(Cc2cccc(Cl)c2)Cc2cc(C(=O)N(CCC(=O)O)Cc3cccc(F)c3)ccc2O1. The van der Waals surface area contributed by atoms with Crippen LogP contribution >= 0.6 is 11.6 Å². The smallest absolute Gasteiger partial charge is 0.305 e. The highest BCUT2D eigenvalue weighted by molar-refractivity contribution is 6.30. The van der Waals surface area contributed by atoms with Gasteiger partial charge < -0.3 is 14.7 Å². The summed E-state index contributed by atoms with van der Waals surface area (Å²) in [6, 6.07) is 18.9. The van der Waals surface area contributed by atoms with Gasteiger partial charge in [-0.1, -0.05) is 35.9 Å². The third kappa shape index (κ3) is 5.75. The molecule has 176 valence electrons. The fraction of sp³-hybridized carbons (Fsp3) is 0.259. The minimum atomic E-state index is -1.00. The molecule has 1 aliphatic rings. The molecule has 7 heteroatoms. The van der Waals surface area contributed by atoms with Gasteiger partial charge in [-0.2, -0.15) is 0 Å². The largest absolute Gasteiger partial charge is 0.487 e. The minimum absolute atomic E-state index is 0.0186. The van der Waals surface area contributed by atoms with Gasteiger partial charge in [-0.25, -0.2) is 4.39 Å². The van der Waals surface area contributed by atoms with Crippen LogP contribution in [-0.2, 0) is 24.2 Å². The number of aliphatic carboxylic acids is 1. The monoisotopic (exact) mass is 481 g/mol. The molecule has 0 bridgehead atoms. The van der Waals surface area contributed by atoms with Crippen molar-refractivity contribution in [2.75, 3.05) is 6.54 Å². The Morgan fingerprint density at radius 1 is 1.09 bits per heavy atom. The molecule has 1 atom stereocenters. The molecule has 0 radical (unpaired) electrons. The highest BCUT2D eigenvalue weighted by Crippen LogP contribution is 2.38. The first-order chi connectivity index (χ1) is 16.2. The number of carboxylic acid groups (broad SMARTS) is 1. The molecule has 1 N–H and O–H groups in total. The fourth-order valence-electron chi connectivity index (χ4n) is 4.35. The lowest BCUT2D eigenvalue weighted by atomic mass is 9.91. The molecule has 3 aromatic carbocycles. The van der Waals surface area contributed by atoms with E-state index in [1.807, 2.05) is 31.2 Å². The number of hydrogen-bond acceptors (Lipinski definition) is 3. The Labute approximate surface area is 202 Å². The molecule has 0 aromatic heterocycles. The third-order valence-corrected chi connectivity index (χ3v) is 6.08. The number of carbonyl (C=O) groups excluding carboxylic acids is 1. The number of fused-ring (bicyclic) bond motifs is 1. The zero-order chi connectivity index (χ0) is 24.3. The second-order valence-electron chi connectivity index (χ2n) is 8.86. The summed E-state index contributed by atoms with van der Waals surface area (Å²) in [7, 11) is 0. The maximum atomic E-state index is 13.6. The van der Waals surface area contributed by atoms with Crippen molar-refractivity contribution in [1.29, 1.82) is 0 Å². The van der Waals surface area contributed by atoms with E-state index in [-0.39, 0.29) is 25.4 Å². The van der Waals surface area contributed by atoms with Crippen LogP contribution < -0.4 is 4.74 Å². The Morgan fingerprint density at radius 3 is 2.59 bits per heavy atom. The van der Waals surface area contributed by atoms with Crippen molar-refractivity contribution in [2.45, 2.75) is 38.3 Å². The van der Waals surface area contributed by atoms with E-state index in [4.69, 9.17) is 21.4 Å². The molecule has 5 nitrogen and oxygen atoms in total. The van der Waals surface area contributed by atoms with Crippen molar-refractivity contribution >= 4 is 23.5 Å². The van der Waals surface area contributed by atoms with Gasteiger partial charge in [0.2, 0.25) is 0 Å². The molecule has 1 heterocycles. The second kappa shape index (κ2) is 9.85. The van der Waals surface area contributed by atoms with E-state index < -0.39 is 17.4 Å². The topological polar surface area (TPSA) is 66.8 Å². The Balaban J connectivity index is 1.53. The van der Waals surface area contributed by atoms with E-state index >= 15 is 0 Å². The fourth-order valence-corrected chi connectivity index (χ4v) is 4.57. The summed E-state index contributed by atoms with van der Waals surface area (Å²) in [5.41, 5.74) is 2.54. The average molecular weight is 482 g/mol. The van der Waals surface area contributed by atoms with Gasteiger partial charge in [0.15, 0.2) is 0 Å². The predicted molar refractivity (Wildman–Crippen MR) is 128 cm³/mol. The molecule has 0 fully saturated rings. The Morgan fingerprint density at radius 2 is 1.85 bits per heavy atom. The van der Waals surface area contributed by atoms with Crippen molar-refractivity contribution in [1.82, 2.24) is 4.90 Å². The average Bonchev–Trinajstić information content (AvgIpc) is 3.10. The van der Waals surface area contributed by atoms with Crippen LogP contribution in [0.15, 0.2) is 66.7 Å². The maximum absolute atomic E-state index is 13.6. The van der Waals surface area contributed by atoms with Crippen LogP contribution in [0.5, 0.6) is 5.75 Å². The number of amides is 1. The van der Waals surface area contributed by atoms with Gasteiger partial charge in [-0.15, -0.1) is 0 Å². The van der Waals surface area contributed by atoms with Crippen molar-refractivity contribution < 1.29 is 23.8 Å². The summed E-state index contributed by atoms with van der Waals surface area (Å²) in [5, 5.41) is 9.80. The van der Waals surface area contributed by atoms with E-state index in [1.165, 1.54) is 17.0 Å². The normalized spacial score (nSPS) is 16.6. The lowest BCUT2D eigenvalue weighted by Crippen LogP contribution is -2.33. The van der Waals surface area contributed by atoms with Gasteiger partial charge in [-0.05, 0) is 66.1 Å². The summed E-state index contributed by atoms with van der Waals surface area (Å²) in [6.45, 7) is 2.16. The van der Waals surface area contributed by atoms with E-state index in [2.05, 4.69) is 0 Å². The van der Waals surface area contributed by atoms with Crippen molar-refractivity contribution in [3.05, 3.63) is 99.8 Å². The highest BCUT2D eigenvalue weighted by Gasteiger charge is 2.35. The molecule has 1 amide bonds. The molecule has 4 rings (SSSR count). The van der Waals surface area contributed by atoms with Crippen LogP contribution in [0.4, 0.5) is 4.39 Å². The summed E-state index contributed by atoms with van der Waals surface area (Å²) >= 11 is 6.12. The van der Waals surface area contributed by atoms with Crippen LogP contribution in [0.25, 0.3) is 0 Å². The second-order valence-corrected chi connectivity index (χ2v) is 9.29. The van der Waals surface area contributed by atoms with Gasteiger partial charge in [0.1, 0.15) is 17.2 Å². The quantitative estimate of drug-likeness (QED) is 0.459. The van der Waals surface area contributed by atoms with Crippen LogP contribution in [0.1, 0.15) is 40.4 Å². The van der Waals surface area contributed by atoms with Crippen LogP contribution in [-0.4, -0.2) is 34.0 Å². The molecule has 0 spiro atoms. The number of halogens is 2.